The largest absolute Gasteiger partial charge is 0.485 e. The van der Waals surface area contributed by atoms with Crippen LogP contribution in [0.2, 0.25) is 0 Å². The molecule has 0 spiro atoms. The fraction of sp³-hybridized carbons (Fsp3) is 0.158. The highest BCUT2D eigenvalue weighted by molar-refractivity contribution is 5.95. The van der Waals surface area contributed by atoms with Crippen LogP contribution in [0.25, 0.3) is 0 Å². The van der Waals surface area contributed by atoms with Crippen molar-refractivity contribution in [2.45, 2.75) is 13.2 Å². The van der Waals surface area contributed by atoms with Gasteiger partial charge < -0.3 is 29.8 Å². The second-order valence-electron chi connectivity index (χ2n) is 6.04. The molecule has 1 aliphatic heterocycles. The number of carbonyl (C=O) groups excluding carboxylic acids is 2. The topological polar surface area (TPSA) is 139 Å². The number of primary amides is 1. The molecule has 2 aromatic carbocycles. The van der Waals surface area contributed by atoms with Crippen LogP contribution in [0.5, 0.6) is 17.2 Å². The van der Waals surface area contributed by atoms with Crippen LogP contribution in [0, 0.1) is 0 Å². The molecule has 1 aromatic heterocycles. The van der Waals surface area contributed by atoms with Crippen LogP contribution in [-0.2, 0) is 13.2 Å². The molecule has 4 rings (SSSR count). The lowest BCUT2D eigenvalue weighted by molar-refractivity contribution is 0.0906. The number of hydrogen-bond acceptors (Lipinski definition) is 8. The zero-order chi connectivity index (χ0) is 20.2. The molecule has 148 valence electrons. The van der Waals surface area contributed by atoms with Gasteiger partial charge in [0.15, 0.2) is 18.1 Å². The first-order chi connectivity index (χ1) is 14.1. The summed E-state index contributed by atoms with van der Waals surface area (Å²) in [6.45, 7) is 0.334. The first-order valence-corrected chi connectivity index (χ1v) is 8.61. The normalized spacial score (nSPS) is 11.9. The number of carbonyl (C=O) groups is 2. The minimum Gasteiger partial charge on any atom is -0.485 e. The van der Waals surface area contributed by atoms with Gasteiger partial charge in [-0.25, -0.2) is 0 Å². The number of nitrogens with one attached hydrogen (secondary N) is 1. The van der Waals surface area contributed by atoms with E-state index in [0.29, 0.717) is 17.2 Å². The molecule has 10 heteroatoms. The molecule has 3 aromatic rings. The summed E-state index contributed by atoms with van der Waals surface area (Å²) in [5.41, 5.74) is 6.36. The van der Waals surface area contributed by atoms with E-state index in [9.17, 15) is 9.59 Å². The Kier molecular flexibility index (Phi) is 4.97. The van der Waals surface area contributed by atoms with Gasteiger partial charge in [-0.05, 0) is 29.8 Å². The number of fused-ring (bicyclic) bond motifs is 1. The maximum absolute atomic E-state index is 12.2. The molecule has 2 amide bonds. The average Bonchev–Trinajstić information content (AvgIpc) is 3.39. The summed E-state index contributed by atoms with van der Waals surface area (Å²) in [4.78, 5) is 27.6. The van der Waals surface area contributed by atoms with Crippen LogP contribution in [-0.4, -0.2) is 28.7 Å². The number of nitrogens with zero attached hydrogens (tertiary/aromatic N) is 2. The summed E-state index contributed by atoms with van der Waals surface area (Å²) in [5, 5.41) is 6.39. The third-order valence-electron chi connectivity index (χ3n) is 4.06. The van der Waals surface area contributed by atoms with Crippen LogP contribution >= 0.6 is 0 Å². The fourth-order valence-corrected chi connectivity index (χ4v) is 2.65. The Morgan fingerprint density at radius 1 is 1.14 bits per heavy atom. The molecule has 0 radical (unpaired) electrons. The van der Waals surface area contributed by atoms with Crippen molar-refractivity contribution in [3.63, 3.8) is 0 Å². The number of aromatic nitrogens is 2. The van der Waals surface area contributed by atoms with E-state index in [2.05, 4.69) is 15.5 Å². The first-order valence-electron chi connectivity index (χ1n) is 8.61. The highest BCUT2D eigenvalue weighted by Crippen LogP contribution is 2.32. The maximum Gasteiger partial charge on any atom is 0.316 e. The highest BCUT2D eigenvalue weighted by Gasteiger charge is 2.17. The number of nitrogens with two attached hydrogens (primary N) is 1. The molecule has 0 bridgehead atoms. The fourth-order valence-electron chi connectivity index (χ4n) is 2.65. The minimum absolute atomic E-state index is 0.0940. The van der Waals surface area contributed by atoms with Crippen LogP contribution in [0.1, 0.15) is 32.4 Å². The lowest BCUT2D eigenvalue weighted by atomic mass is 10.2. The quantitative estimate of drug-likeness (QED) is 0.611. The van der Waals surface area contributed by atoms with E-state index in [4.69, 9.17) is 24.5 Å². The predicted molar refractivity (Wildman–Crippen MR) is 97.3 cm³/mol. The Bertz CT molecular complexity index is 1060. The summed E-state index contributed by atoms with van der Waals surface area (Å²) in [6, 6.07) is 11.9. The molecular formula is C19H16N4O6. The Balaban J connectivity index is 1.34. The Labute approximate surface area is 164 Å². The summed E-state index contributed by atoms with van der Waals surface area (Å²) in [6.07, 6.45) is 0. The summed E-state index contributed by atoms with van der Waals surface area (Å²) in [7, 11) is 0. The maximum atomic E-state index is 12.2. The van der Waals surface area contributed by atoms with E-state index < -0.39 is 11.8 Å². The molecule has 2 heterocycles. The lowest BCUT2D eigenvalue weighted by Gasteiger charge is -2.06. The predicted octanol–water partition coefficient (Wildman–Crippen LogP) is 1.41. The standard InChI is InChI=1S/C19H16N4O6/c20-17(24)12-3-1-2-4-13(12)26-9-16-22-19(29-23-16)18(25)21-8-11-5-6-14-15(7-11)28-10-27-14/h1-7H,8-10H2,(H2,20,24)(H,21,25). The van der Waals surface area contributed by atoms with Crippen LogP contribution < -0.4 is 25.3 Å². The van der Waals surface area contributed by atoms with E-state index >= 15 is 0 Å². The zero-order valence-corrected chi connectivity index (χ0v) is 15.1. The summed E-state index contributed by atoms with van der Waals surface area (Å²) >= 11 is 0. The Morgan fingerprint density at radius 3 is 2.83 bits per heavy atom. The number of benzene rings is 2. The molecule has 0 fully saturated rings. The Hall–Kier alpha value is -4.08. The van der Waals surface area contributed by atoms with Crippen LogP contribution in [0.15, 0.2) is 47.0 Å². The van der Waals surface area contributed by atoms with Gasteiger partial charge in [-0.15, -0.1) is 0 Å². The van der Waals surface area contributed by atoms with Gasteiger partial charge in [0.25, 0.3) is 5.91 Å². The van der Waals surface area contributed by atoms with Crippen LogP contribution in [0.4, 0.5) is 0 Å². The Morgan fingerprint density at radius 2 is 1.97 bits per heavy atom. The van der Waals surface area contributed by atoms with E-state index in [1.165, 1.54) is 0 Å². The highest BCUT2D eigenvalue weighted by atomic mass is 16.7. The molecule has 0 saturated carbocycles. The van der Waals surface area contributed by atoms with Crippen LogP contribution in [0.3, 0.4) is 0 Å². The second-order valence-corrected chi connectivity index (χ2v) is 6.04. The van der Waals surface area contributed by atoms with Crippen molar-refractivity contribution in [1.29, 1.82) is 0 Å². The van der Waals surface area contributed by atoms with Gasteiger partial charge in [0, 0.05) is 6.54 Å². The number of hydrogen-bond donors (Lipinski definition) is 2. The SMILES string of the molecule is NC(=O)c1ccccc1OCc1noc(C(=O)NCc2ccc3c(c2)OCO3)n1. The van der Waals surface area contributed by atoms with Gasteiger partial charge in [0.1, 0.15) is 5.75 Å². The molecule has 10 nitrogen and oxygen atoms in total. The first kappa shape index (κ1) is 18.3. The van der Waals surface area contributed by atoms with Crippen molar-refractivity contribution in [3.8, 4) is 17.2 Å². The van der Waals surface area contributed by atoms with Gasteiger partial charge in [-0.2, -0.15) is 4.98 Å². The molecule has 3 N–H and O–H groups in total. The molecular weight excluding hydrogens is 380 g/mol. The van der Waals surface area contributed by atoms with E-state index in [1.54, 1.807) is 36.4 Å². The van der Waals surface area contributed by atoms with E-state index in [0.717, 1.165) is 5.56 Å². The average molecular weight is 396 g/mol. The van der Waals surface area contributed by atoms with E-state index in [-0.39, 0.29) is 37.2 Å². The molecule has 0 saturated heterocycles. The number of rotatable bonds is 7. The number of para-hydroxylation sites is 1. The van der Waals surface area contributed by atoms with Crippen molar-refractivity contribution in [1.82, 2.24) is 15.5 Å². The molecule has 0 unspecified atom stereocenters. The molecule has 29 heavy (non-hydrogen) atoms. The smallest absolute Gasteiger partial charge is 0.316 e. The summed E-state index contributed by atoms with van der Waals surface area (Å²) < 4.78 is 21.0. The zero-order valence-electron chi connectivity index (χ0n) is 15.1. The van der Waals surface area contributed by atoms with Gasteiger partial charge in [0.2, 0.25) is 12.6 Å². The van der Waals surface area contributed by atoms with Crippen molar-refractivity contribution < 1.29 is 28.3 Å². The second kappa shape index (κ2) is 7.89. The van der Waals surface area contributed by atoms with Gasteiger partial charge in [-0.1, -0.05) is 23.4 Å². The van der Waals surface area contributed by atoms with Crippen molar-refractivity contribution >= 4 is 11.8 Å². The van der Waals surface area contributed by atoms with E-state index in [1.807, 2.05) is 6.07 Å². The lowest BCUT2D eigenvalue weighted by Crippen LogP contribution is -2.23. The van der Waals surface area contributed by atoms with Gasteiger partial charge >= 0.3 is 11.8 Å². The third kappa shape index (κ3) is 4.10. The molecule has 0 aliphatic carbocycles. The van der Waals surface area contributed by atoms with Crippen molar-refractivity contribution in [2.75, 3.05) is 6.79 Å². The van der Waals surface area contributed by atoms with Gasteiger partial charge in [0.05, 0.1) is 5.56 Å². The van der Waals surface area contributed by atoms with Crippen molar-refractivity contribution in [2.24, 2.45) is 5.73 Å². The molecule has 0 atom stereocenters. The molecule has 1 aliphatic rings. The monoisotopic (exact) mass is 396 g/mol. The third-order valence-corrected chi connectivity index (χ3v) is 4.06. The minimum atomic E-state index is -0.614. The summed E-state index contributed by atoms with van der Waals surface area (Å²) in [5.74, 6) is 0.393. The number of ether oxygens (including phenoxy) is 3. The van der Waals surface area contributed by atoms with Crippen molar-refractivity contribution in [3.05, 3.63) is 65.3 Å². The van der Waals surface area contributed by atoms with Gasteiger partial charge in [-0.3, -0.25) is 9.59 Å². The number of amides is 2.